The van der Waals surface area contributed by atoms with E-state index in [0.717, 1.165) is 0 Å². The van der Waals surface area contributed by atoms with Crippen molar-refractivity contribution in [2.24, 2.45) is 0 Å². The third-order valence-electron chi connectivity index (χ3n) is 9.58. The van der Waals surface area contributed by atoms with Crippen molar-refractivity contribution in [3.63, 3.8) is 0 Å². The van der Waals surface area contributed by atoms with Gasteiger partial charge < -0.3 is 4.57 Å². The third kappa shape index (κ3) is 2.74. The molecule has 0 saturated heterocycles. The Labute approximate surface area is 250 Å². The van der Waals surface area contributed by atoms with Crippen molar-refractivity contribution in [1.29, 1.82) is 0 Å². The van der Waals surface area contributed by atoms with Gasteiger partial charge in [0.15, 0.2) is 0 Å². The Morgan fingerprint density at radius 1 is 0.524 bits per heavy atom. The van der Waals surface area contributed by atoms with Crippen LogP contribution in [0.15, 0.2) is 115 Å². The van der Waals surface area contributed by atoms with Crippen molar-refractivity contribution in [1.82, 2.24) is 4.57 Å². The first-order chi connectivity index (χ1) is 20.6. The fraction of sp³-hybridized carbons (Fsp3) is 0.0769. The smallest absolute Gasteiger partial charge is 0.0734 e. The lowest BCUT2D eigenvalue weighted by molar-refractivity contribution is 0.660. The molecule has 0 atom stereocenters. The van der Waals surface area contributed by atoms with Gasteiger partial charge in [0, 0.05) is 57.5 Å². The van der Waals surface area contributed by atoms with Gasteiger partial charge in [0.2, 0.25) is 0 Å². The second-order valence-electron chi connectivity index (χ2n) is 12.1. The van der Waals surface area contributed by atoms with Crippen LogP contribution in [0.5, 0.6) is 0 Å². The molecule has 42 heavy (non-hydrogen) atoms. The zero-order chi connectivity index (χ0) is 27.7. The second-order valence-corrected chi connectivity index (χ2v) is 14.2. The van der Waals surface area contributed by atoms with Crippen LogP contribution in [0.2, 0.25) is 0 Å². The van der Waals surface area contributed by atoms with Gasteiger partial charge in [-0.2, -0.15) is 0 Å². The van der Waals surface area contributed by atoms with Crippen LogP contribution >= 0.6 is 22.7 Å². The molecule has 198 valence electrons. The van der Waals surface area contributed by atoms with Crippen LogP contribution in [0, 0.1) is 0 Å². The molecule has 0 N–H and O–H groups in total. The van der Waals surface area contributed by atoms with E-state index in [1.165, 1.54) is 90.1 Å². The highest BCUT2D eigenvalue weighted by Crippen LogP contribution is 2.53. The summed E-state index contributed by atoms with van der Waals surface area (Å²) in [6.07, 6.45) is 0. The molecule has 3 heteroatoms. The van der Waals surface area contributed by atoms with Gasteiger partial charge in [-0.3, -0.25) is 0 Å². The van der Waals surface area contributed by atoms with Gasteiger partial charge in [-0.25, -0.2) is 0 Å². The van der Waals surface area contributed by atoms with Crippen molar-refractivity contribution < 1.29 is 0 Å². The van der Waals surface area contributed by atoms with Crippen LogP contribution in [0.4, 0.5) is 0 Å². The van der Waals surface area contributed by atoms with Crippen molar-refractivity contribution in [2.45, 2.75) is 19.3 Å². The van der Waals surface area contributed by atoms with E-state index in [0.29, 0.717) is 0 Å². The molecule has 0 spiro atoms. The minimum Gasteiger partial charge on any atom is -0.308 e. The molecular weight excluding hydrogens is 547 g/mol. The average Bonchev–Trinajstić information content (AvgIpc) is 3.74. The van der Waals surface area contributed by atoms with E-state index in [2.05, 4.69) is 134 Å². The number of nitrogens with zero attached hydrogens (tertiary/aromatic N) is 1. The van der Waals surface area contributed by atoms with E-state index < -0.39 is 0 Å². The maximum Gasteiger partial charge on any atom is 0.0734 e. The lowest BCUT2D eigenvalue weighted by Crippen LogP contribution is -2.15. The van der Waals surface area contributed by atoms with Crippen LogP contribution in [-0.4, -0.2) is 4.57 Å². The summed E-state index contributed by atoms with van der Waals surface area (Å²) in [5.74, 6) is 0. The van der Waals surface area contributed by atoms with Gasteiger partial charge in [0.1, 0.15) is 0 Å². The number of hydrogen-bond acceptors (Lipinski definition) is 2. The topological polar surface area (TPSA) is 4.93 Å². The van der Waals surface area contributed by atoms with Gasteiger partial charge in [0.05, 0.1) is 15.7 Å². The zero-order valence-corrected chi connectivity index (χ0v) is 24.9. The first kappa shape index (κ1) is 23.2. The Morgan fingerprint density at radius 2 is 1.12 bits per heavy atom. The molecule has 1 nitrogen and oxygen atoms in total. The molecule has 1 aliphatic carbocycles. The molecule has 3 heterocycles. The number of thiophene rings is 2. The Kier molecular flexibility index (Phi) is 4.35. The molecule has 9 aromatic rings. The molecule has 10 rings (SSSR count). The van der Waals surface area contributed by atoms with Gasteiger partial charge in [-0.15, -0.1) is 22.7 Å². The van der Waals surface area contributed by atoms with E-state index in [1.807, 2.05) is 22.7 Å². The number of rotatable bonds is 1. The minimum atomic E-state index is -0.0492. The van der Waals surface area contributed by atoms with Crippen LogP contribution in [-0.2, 0) is 5.41 Å². The molecule has 1 aliphatic rings. The van der Waals surface area contributed by atoms with Crippen molar-refractivity contribution >= 4 is 84.8 Å². The summed E-state index contributed by atoms with van der Waals surface area (Å²) in [5, 5.41) is 8.23. The summed E-state index contributed by atoms with van der Waals surface area (Å²) in [5.41, 5.74) is 9.33. The Hall–Kier alpha value is -4.44. The molecule has 0 bridgehead atoms. The van der Waals surface area contributed by atoms with E-state index in [4.69, 9.17) is 0 Å². The summed E-state index contributed by atoms with van der Waals surface area (Å²) < 4.78 is 8.03. The summed E-state index contributed by atoms with van der Waals surface area (Å²) >= 11 is 3.88. The monoisotopic (exact) mass is 571 g/mol. The van der Waals surface area contributed by atoms with Crippen LogP contribution < -0.4 is 0 Å². The quantitative estimate of drug-likeness (QED) is 0.185. The predicted molar refractivity (Wildman–Crippen MR) is 184 cm³/mol. The Balaban J connectivity index is 1.43. The number of benzene rings is 6. The second kappa shape index (κ2) is 7.89. The Morgan fingerprint density at radius 3 is 1.90 bits per heavy atom. The predicted octanol–water partition coefficient (Wildman–Crippen LogP) is 11.8. The first-order valence-corrected chi connectivity index (χ1v) is 16.2. The molecule has 0 unspecified atom stereocenters. The average molecular weight is 572 g/mol. The van der Waals surface area contributed by atoms with Crippen molar-refractivity contribution in [2.75, 3.05) is 0 Å². The maximum atomic E-state index is 2.56. The standard InChI is InChI=1S/C39H25NS2/c1-39(2)28-15-7-3-11-23(28)24-20-19-22(21-29(24)39)40-30-16-8-4-12-25(30)35-36(40)38-34(27-14-6-10-18-32(27)42-38)33-26-13-5-9-17-31(26)41-37(33)35/h3-21H,1-2H3. The highest BCUT2D eigenvalue weighted by molar-refractivity contribution is 7.29. The maximum absolute atomic E-state index is 2.56. The van der Waals surface area contributed by atoms with Gasteiger partial charge >= 0.3 is 0 Å². The lowest BCUT2D eigenvalue weighted by atomic mass is 9.82. The summed E-state index contributed by atoms with van der Waals surface area (Å²) in [6.45, 7) is 4.75. The highest BCUT2D eigenvalue weighted by Gasteiger charge is 2.35. The van der Waals surface area contributed by atoms with Gasteiger partial charge in [0.25, 0.3) is 0 Å². The first-order valence-electron chi connectivity index (χ1n) is 14.5. The van der Waals surface area contributed by atoms with E-state index >= 15 is 0 Å². The SMILES string of the molecule is CC1(C)c2ccccc2-c2ccc(-n3c4ccccc4c4c5sc6ccccc6c5c5c6ccccc6sc5c43)cc21. The normalized spacial score (nSPS) is 14.1. The summed E-state index contributed by atoms with van der Waals surface area (Å²) in [4.78, 5) is 0. The Bertz CT molecular complexity index is 2610. The van der Waals surface area contributed by atoms with E-state index in [1.54, 1.807) is 0 Å². The van der Waals surface area contributed by atoms with E-state index in [9.17, 15) is 0 Å². The van der Waals surface area contributed by atoms with E-state index in [-0.39, 0.29) is 5.41 Å². The molecule has 0 saturated carbocycles. The summed E-state index contributed by atoms with van der Waals surface area (Å²) in [7, 11) is 0. The number of aromatic nitrogens is 1. The van der Waals surface area contributed by atoms with Crippen LogP contribution in [0.3, 0.4) is 0 Å². The molecule has 6 aromatic carbocycles. The molecule has 0 radical (unpaired) electrons. The fourth-order valence-electron chi connectivity index (χ4n) is 7.71. The molecule has 0 amide bonds. The minimum absolute atomic E-state index is 0.0492. The molecule has 0 aliphatic heterocycles. The largest absolute Gasteiger partial charge is 0.308 e. The summed E-state index contributed by atoms with van der Waals surface area (Å²) in [6, 6.07) is 43.0. The third-order valence-corrected chi connectivity index (χ3v) is 11.9. The molecular formula is C39H25NS2. The highest BCUT2D eigenvalue weighted by atomic mass is 32.1. The van der Waals surface area contributed by atoms with Crippen LogP contribution in [0.25, 0.3) is 79.0 Å². The number of para-hydroxylation sites is 1. The fourth-order valence-corrected chi connectivity index (χ4v) is 10.2. The number of fused-ring (bicyclic) bond motifs is 15. The van der Waals surface area contributed by atoms with Crippen molar-refractivity contribution in [3.05, 3.63) is 126 Å². The van der Waals surface area contributed by atoms with Gasteiger partial charge in [-0.1, -0.05) is 98.8 Å². The zero-order valence-electron chi connectivity index (χ0n) is 23.2. The number of hydrogen-bond donors (Lipinski definition) is 0. The molecule has 3 aromatic heterocycles. The lowest BCUT2D eigenvalue weighted by Gasteiger charge is -2.22. The van der Waals surface area contributed by atoms with Gasteiger partial charge in [-0.05, 0) is 52.6 Å². The molecule has 0 fully saturated rings. The van der Waals surface area contributed by atoms with Crippen LogP contribution in [0.1, 0.15) is 25.0 Å². The van der Waals surface area contributed by atoms with Crippen molar-refractivity contribution in [3.8, 4) is 16.8 Å².